The molecular formula is C23H25Cl2FN6O3S. The summed E-state index contributed by atoms with van der Waals surface area (Å²) in [7, 11) is -4.11. The molecule has 1 aromatic heterocycles. The largest absolute Gasteiger partial charge is 0.381 e. The zero-order chi connectivity index (χ0) is 26.0. The Bertz CT molecular complexity index is 1380. The first-order chi connectivity index (χ1) is 17.1. The van der Waals surface area contributed by atoms with E-state index >= 15 is 0 Å². The summed E-state index contributed by atoms with van der Waals surface area (Å²) in [6.07, 6.45) is 1.39. The number of sulfonamides is 1. The maximum atomic E-state index is 14.2. The van der Waals surface area contributed by atoms with Crippen molar-refractivity contribution in [3.8, 4) is 0 Å². The summed E-state index contributed by atoms with van der Waals surface area (Å²) in [5, 5.41) is 13.3. The van der Waals surface area contributed by atoms with Crippen LogP contribution in [0.25, 0.3) is 0 Å². The van der Waals surface area contributed by atoms with Gasteiger partial charge in [0.05, 0.1) is 24.0 Å². The van der Waals surface area contributed by atoms with Crippen LogP contribution >= 0.6 is 23.2 Å². The second-order valence-electron chi connectivity index (χ2n) is 8.24. The molecule has 0 radical (unpaired) electrons. The average Bonchev–Trinajstić information content (AvgIpc) is 3.23. The van der Waals surface area contributed by atoms with Gasteiger partial charge in [-0.15, -0.1) is 0 Å². The Labute approximate surface area is 218 Å². The first-order valence-corrected chi connectivity index (χ1v) is 13.4. The highest BCUT2D eigenvalue weighted by Crippen LogP contribution is 2.38. The molecule has 0 saturated carbocycles. The Kier molecular flexibility index (Phi) is 7.62. The third kappa shape index (κ3) is 5.37. The number of aryl methyl sites for hydroxylation is 1. The first kappa shape index (κ1) is 26.1. The standard InChI is InChI=1S/C23H25Cl2FN6O3S/c1-3-31-13-22(23(25)30-31)36(34,35)32-12-16(10-27-14(2)33)29-20-8-7-15(9-21(20)32)28-11-17-18(24)5-4-6-19(17)26/h4-9,13,16,28-29H,3,10-12H2,1-2H3,(H,27,33)/t16-/m0/s1. The molecule has 2 heterocycles. The summed E-state index contributed by atoms with van der Waals surface area (Å²) in [5.74, 6) is -0.669. The average molecular weight is 555 g/mol. The maximum absolute atomic E-state index is 14.2. The molecular weight excluding hydrogens is 530 g/mol. The Balaban J connectivity index is 1.69. The summed E-state index contributed by atoms with van der Waals surface area (Å²) in [6, 6.07) is 9.17. The molecule has 2 aromatic carbocycles. The molecule has 1 amide bonds. The van der Waals surface area contributed by atoms with Gasteiger partial charge in [0, 0.05) is 49.0 Å². The molecule has 192 valence electrons. The predicted octanol–water partition coefficient (Wildman–Crippen LogP) is 4.09. The second kappa shape index (κ2) is 10.5. The number of carbonyl (C=O) groups excluding carboxylic acids is 1. The van der Waals surface area contributed by atoms with E-state index in [2.05, 4.69) is 21.0 Å². The first-order valence-electron chi connectivity index (χ1n) is 11.2. The minimum absolute atomic E-state index is 0.0336. The van der Waals surface area contributed by atoms with Crippen LogP contribution in [-0.4, -0.2) is 43.2 Å². The highest BCUT2D eigenvalue weighted by atomic mass is 35.5. The number of hydrogen-bond acceptors (Lipinski definition) is 6. The number of rotatable bonds is 8. The van der Waals surface area contributed by atoms with E-state index in [1.807, 2.05) is 6.92 Å². The van der Waals surface area contributed by atoms with Crippen molar-refractivity contribution < 1.29 is 17.6 Å². The van der Waals surface area contributed by atoms with Crippen LogP contribution in [0.1, 0.15) is 19.4 Å². The van der Waals surface area contributed by atoms with E-state index < -0.39 is 21.9 Å². The molecule has 4 rings (SSSR count). The minimum Gasteiger partial charge on any atom is -0.381 e. The van der Waals surface area contributed by atoms with E-state index in [1.165, 1.54) is 34.2 Å². The number of carbonyl (C=O) groups is 1. The number of hydrogen-bond donors (Lipinski definition) is 3. The number of nitrogens with zero attached hydrogens (tertiary/aromatic N) is 3. The fraction of sp³-hybridized carbons (Fsp3) is 0.304. The molecule has 36 heavy (non-hydrogen) atoms. The molecule has 0 spiro atoms. The van der Waals surface area contributed by atoms with Gasteiger partial charge in [0.15, 0.2) is 5.15 Å². The number of halogens is 3. The summed E-state index contributed by atoms with van der Waals surface area (Å²) in [6.45, 7) is 4.02. The zero-order valence-corrected chi connectivity index (χ0v) is 21.9. The van der Waals surface area contributed by atoms with Crippen molar-refractivity contribution in [1.82, 2.24) is 15.1 Å². The smallest absolute Gasteiger partial charge is 0.269 e. The lowest BCUT2D eigenvalue weighted by Crippen LogP contribution is -2.49. The number of fused-ring (bicyclic) bond motifs is 1. The molecule has 0 fully saturated rings. The fourth-order valence-electron chi connectivity index (χ4n) is 3.87. The summed E-state index contributed by atoms with van der Waals surface area (Å²) in [4.78, 5) is 11.3. The molecule has 13 heteroatoms. The van der Waals surface area contributed by atoms with Gasteiger partial charge in [-0.25, -0.2) is 12.8 Å². The van der Waals surface area contributed by atoms with Crippen molar-refractivity contribution in [2.75, 3.05) is 28.0 Å². The van der Waals surface area contributed by atoms with Gasteiger partial charge in [-0.05, 0) is 37.3 Å². The van der Waals surface area contributed by atoms with Crippen LogP contribution in [0.2, 0.25) is 10.2 Å². The zero-order valence-electron chi connectivity index (χ0n) is 19.6. The normalized spacial score (nSPS) is 15.2. The van der Waals surface area contributed by atoms with Gasteiger partial charge < -0.3 is 16.0 Å². The maximum Gasteiger partial charge on any atom is 0.269 e. The molecule has 0 aliphatic carbocycles. The predicted molar refractivity (Wildman–Crippen MR) is 139 cm³/mol. The van der Waals surface area contributed by atoms with E-state index in [4.69, 9.17) is 23.2 Å². The van der Waals surface area contributed by atoms with Gasteiger partial charge in [0.2, 0.25) is 5.91 Å². The third-order valence-electron chi connectivity index (χ3n) is 5.72. The third-order valence-corrected chi connectivity index (χ3v) is 8.24. The van der Waals surface area contributed by atoms with Crippen molar-refractivity contribution >= 4 is 56.2 Å². The number of amides is 1. The molecule has 9 nitrogen and oxygen atoms in total. The Morgan fingerprint density at radius 1 is 1.28 bits per heavy atom. The molecule has 3 N–H and O–H groups in total. The van der Waals surface area contributed by atoms with Gasteiger partial charge in [-0.3, -0.25) is 13.8 Å². The molecule has 0 unspecified atom stereocenters. The summed E-state index contributed by atoms with van der Waals surface area (Å²) < 4.78 is 44.4. The lowest BCUT2D eigenvalue weighted by Gasteiger charge is -2.36. The summed E-state index contributed by atoms with van der Waals surface area (Å²) in [5.41, 5.74) is 1.78. The van der Waals surface area contributed by atoms with Crippen LogP contribution < -0.4 is 20.3 Å². The number of anilines is 3. The molecule has 1 aliphatic rings. The van der Waals surface area contributed by atoms with Gasteiger partial charge >= 0.3 is 0 Å². The van der Waals surface area contributed by atoms with Gasteiger partial charge in [-0.1, -0.05) is 29.3 Å². The molecule has 3 aromatic rings. The molecule has 0 bridgehead atoms. The van der Waals surface area contributed by atoms with Crippen molar-refractivity contribution in [3.05, 3.63) is 64.2 Å². The van der Waals surface area contributed by atoms with Crippen molar-refractivity contribution in [2.45, 2.75) is 37.9 Å². The van der Waals surface area contributed by atoms with Gasteiger partial charge in [0.1, 0.15) is 10.7 Å². The number of aromatic nitrogens is 2. The quantitative estimate of drug-likeness (QED) is 0.387. The fourth-order valence-corrected chi connectivity index (χ4v) is 6.07. The van der Waals surface area contributed by atoms with Crippen molar-refractivity contribution in [3.63, 3.8) is 0 Å². The van der Waals surface area contributed by atoms with E-state index in [0.29, 0.717) is 29.2 Å². The van der Waals surface area contributed by atoms with Gasteiger partial charge in [0.25, 0.3) is 10.0 Å². The molecule has 0 saturated heterocycles. The topological polar surface area (TPSA) is 108 Å². The molecule has 1 atom stereocenters. The Morgan fingerprint density at radius 2 is 2.06 bits per heavy atom. The molecule has 1 aliphatic heterocycles. The van der Waals surface area contributed by atoms with E-state index in [9.17, 15) is 17.6 Å². The Morgan fingerprint density at radius 3 is 2.72 bits per heavy atom. The second-order valence-corrected chi connectivity index (χ2v) is 10.8. The van der Waals surface area contributed by atoms with Crippen molar-refractivity contribution in [1.29, 1.82) is 0 Å². The van der Waals surface area contributed by atoms with Gasteiger partial charge in [-0.2, -0.15) is 5.10 Å². The highest BCUT2D eigenvalue weighted by molar-refractivity contribution is 7.93. The number of nitrogens with one attached hydrogen (secondary N) is 3. The SMILES string of the molecule is CCn1cc(S(=O)(=O)N2C[C@H](CNC(C)=O)Nc3ccc(NCc4c(F)cccc4Cl)cc32)c(Cl)n1. The highest BCUT2D eigenvalue weighted by Gasteiger charge is 2.36. The lowest BCUT2D eigenvalue weighted by molar-refractivity contribution is -0.118. The lowest BCUT2D eigenvalue weighted by atomic mass is 10.1. The van der Waals surface area contributed by atoms with Crippen LogP contribution in [0.3, 0.4) is 0 Å². The van der Waals surface area contributed by atoms with Crippen LogP contribution in [0, 0.1) is 5.82 Å². The van der Waals surface area contributed by atoms with Crippen molar-refractivity contribution in [2.24, 2.45) is 0 Å². The minimum atomic E-state index is -4.11. The monoisotopic (exact) mass is 554 g/mol. The van der Waals surface area contributed by atoms with E-state index in [-0.39, 0.29) is 40.6 Å². The van der Waals surface area contributed by atoms with Crippen LogP contribution in [0.4, 0.5) is 21.5 Å². The van der Waals surface area contributed by atoms with Crippen LogP contribution in [0.15, 0.2) is 47.5 Å². The van der Waals surface area contributed by atoms with E-state index in [1.54, 1.807) is 24.3 Å². The Hall–Kier alpha value is -3.02. The van der Waals surface area contributed by atoms with E-state index in [0.717, 1.165) is 0 Å². The van der Waals surface area contributed by atoms with Crippen LogP contribution in [-0.2, 0) is 27.9 Å². The van der Waals surface area contributed by atoms with Crippen LogP contribution in [0.5, 0.6) is 0 Å². The number of benzene rings is 2. The summed E-state index contributed by atoms with van der Waals surface area (Å²) >= 11 is 12.3.